The molecule has 1 aromatic rings. The van der Waals surface area contributed by atoms with Gasteiger partial charge in [0.1, 0.15) is 12.0 Å². The smallest absolute Gasteiger partial charge is 0.468 e. The van der Waals surface area contributed by atoms with Crippen molar-refractivity contribution in [3.8, 4) is 5.75 Å². The Kier molecular flexibility index (Phi) is 5.50. The summed E-state index contributed by atoms with van der Waals surface area (Å²) < 4.78 is 23.2. The van der Waals surface area contributed by atoms with E-state index in [-0.39, 0.29) is 6.79 Å². The molecule has 0 spiro atoms. The van der Waals surface area contributed by atoms with Crippen LogP contribution in [0.2, 0.25) is 0 Å². The molecule has 126 valence electrons. The Bertz CT molecular complexity index is 540. The van der Waals surface area contributed by atoms with E-state index in [1.807, 2.05) is 34.6 Å². The zero-order valence-corrected chi connectivity index (χ0v) is 14.5. The number of hydrogen-bond donors (Lipinski definition) is 0. The number of benzene rings is 1. The van der Waals surface area contributed by atoms with Crippen molar-refractivity contribution in [2.75, 3.05) is 13.4 Å². The highest BCUT2D eigenvalue weighted by atomic mass is 16.7. The minimum Gasteiger partial charge on any atom is -0.468 e. The van der Waals surface area contributed by atoms with Crippen LogP contribution in [-0.2, 0) is 14.0 Å². The first-order valence-electron chi connectivity index (χ1n) is 7.96. The third-order valence-corrected chi connectivity index (χ3v) is 4.33. The summed E-state index contributed by atoms with van der Waals surface area (Å²) in [6.45, 7) is 10.8. The highest BCUT2D eigenvalue weighted by molar-refractivity contribution is 6.63. The van der Waals surface area contributed by atoms with Crippen LogP contribution < -0.4 is 10.2 Å². The topological polar surface area (TPSA) is 54.0 Å². The molecular weight excluding hydrogens is 295 g/mol. The van der Waals surface area contributed by atoms with Crippen molar-refractivity contribution in [2.24, 2.45) is 0 Å². The third-order valence-electron chi connectivity index (χ3n) is 4.33. The lowest BCUT2D eigenvalue weighted by molar-refractivity contribution is 0.00578. The molecule has 1 saturated heterocycles. The van der Waals surface area contributed by atoms with Crippen LogP contribution >= 0.6 is 0 Å². The highest BCUT2D eigenvalue weighted by Gasteiger charge is 2.52. The monoisotopic (exact) mass is 320 g/mol. The number of hydrogen-bond acceptors (Lipinski definition) is 5. The molecule has 5 nitrogen and oxygen atoms in total. The van der Waals surface area contributed by atoms with Crippen LogP contribution in [0.15, 0.2) is 18.2 Å². The second kappa shape index (κ2) is 7.03. The van der Waals surface area contributed by atoms with Crippen molar-refractivity contribution in [1.29, 1.82) is 0 Å². The summed E-state index contributed by atoms with van der Waals surface area (Å²) in [5.74, 6) is 0.546. The number of carbonyl (C=O) groups is 1. The van der Waals surface area contributed by atoms with E-state index in [9.17, 15) is 4.79 Å². The van der Waals surface area contributed by atoms with Gasteiger partial charge in [-0.15, -0.1) is 0 Å². The zero-order chi connectivity index (χ0) is 17.1. The minimum absolute atomic E-state index is 0.128. The number of aldehydes is 1. The minimum atomic E-state index is -0.540. The lowest BCUT2D eigenvalue weighted by Gasteiger charge is -2.32. The molecule has 1 aliphatic heterocycles. The largest absolute Gasteiger partial charge is 0.498 e. The molecule has 0 saturated carbocycles. The summed E-state index contributed by atoms with van der Waals surface area (Å²) in [6, 6.07) is 5.22. The van der Waals surface area contributed by atoms with Gasteiger partial charge in [-0.1, -0.05) is 19.1 Å². The van der Waals surface area contributed by atoms with Crippen molar-refractivity contribution in [1.82, 2.24) is 0 Å². The number of rotatable bonds is 7. The molecule has 0 atom stereocenters. The number of carbonyl (C=O) groups excluding carboxylic acids is 1. The van der Waals surface area contributed by atoms with Gasteiger partial charge in [-0.05, 0) is 40.2 Å². The Balaban J connectivity index is 2.22. The maximum absolute atomic E-state index is 11.0. The summed E-state index contributed by atoms with van der Waals surface area (Å²) >= 11 is 0. The first kappa shape index (κ1) is 18.0. The van der Waals surface area contributed by atoms with Gasteiger partial charge in [-0.3, -0.25) is 4.79 Å². The van der Waals surface area contributed by atoms with Crippen LogP contribution in [0, 0.1) is 0 Å². The average Bonchev–Trinajstić information content (AvgIpc) is 2.71. The predicted molar refractivity (Wildman–Crippen MR) is 89.3 cm³/mol. The van der Waals surface area contributed by atoms with Crippen molar-refractivity contribution < 1.29 is 23.6 Å². The van der Waals surface area contributed by atoms with Gasteiger partial charge >= 0.3 is 7.12 Å². The molecule has 1 aliphatic rings. The summed E-state index contributed by atoms with van der Waals surface area (Å²) in [6.07, 6.45) is 1.70. The molecule has 0 aromatic heterocycles. The number of ether oxygens (including phenoxy) is 2. The molecule has 1 heterocycles. The van der Waals surface area contributed by atoms with E-state index in [1.54, 1.807) is 18.2 Å². The van der Waals surface area contributed by atoms with Gasteiger partial charge in [0.05, 0.1) is 17.8 Å². The quantitative estimate of drug-likeness (QED) is 0.334. The summed E-state index contributed by atoms with van der Waals surface area (Å²) in [5, 5.41) is 0. The molecule has 0 bridgehead atoms. The zero-order valence-electron chi connectivity index (χ0n) is 14.5. The Labute approximate surface area is 138 Å². The maximum atomic E-state index is 11.0. The van der Waals surface area contributed by atoms with Crippen LogP contribution in [0.5, 0.6) is 5.75 Å². The van der Waals surface area contributed by atoms with Crippen molar-refractivity contribution >= 4 is 18.9 Å². The van der Waals surface area contributed by atoms with Crippen LogP contribution in [0.4, 0.5) is 0 Å². The van der Waals surface area contributed by atoms with Gasteiger partial charge < -0.3 is 18.8 Å². The Morgan fingerprint density at radius 3 is 2.39 bits per heavy atom. The summed E-state index contributed by atoms with van der Waals surface area (Å²) in [5.41, 5.74) is 0.429. The van der Waals surface area contributed by atoms with Crippen molar-refractivity contribution in [3.63, 3.8) is 0 Å². The maximum Gasteiger partial charge on any atom is 0.498 e. The average molecular weight is 320 g/mol. The molecule has 0 unspecified atom stereocenters. The molecule has 1 aromatic carbocycles. The lowest BCUT2D eigenvalue weighted by atomic mass is 9.78. The second-order valence-electron chi connectivity index (χ2n) is 6.67. The fourth-order valence-corrected chi connectivity index (χ4v) is 2.22. The molecule has 6 heteroatoms. The fourth-order valence-electron chi connectivity index (χ4n) is 2.22. The van der Waals surface area contributed by atoms with Crippen molar-refractivity contribution in [3.05, 3.63) is 23.8 Å². The Morgan fingerprint density at radius 1 is 1.17 bits per heavy atom. The van der Waals surface area contributed by atoms with Gasteiger partial charge in [0.25, 0.3) is 0 Å². The molecule has 2 rings (SSSR count). The van der Waals surface area contributed by atoms with Gasteiger partial charge in [0.15, 0.2) is 6.79 Å². The molecular formula is C17H25BO5. The molecule has 0 radical (unpaired) electrons. The van der Waals surface area contributed by atoms with Gasteiger partial charge in [-0.2, -0.15) is 0 Å². The van der Waals surface area contributed by atoms with E-state index in [2.05, 4.69) is 0 Å². The SMILES string of the molecule is CCCOCOc1cc(C=O)ccc1B1OC(C)(C)C(C)(C)O1. The predicted octanol–water partition coefficient (Wildman–Crippen LogP) is 2.56. The Morgan fingerprint density at radius 2 is 1.83 bits per heavy atom. The van der Waals surface area contributed by atoms with Gasteiger partial charge in [-0.25, -0.2) is 0 Å². The van der Waals surface area contributed by atoms with Crippen LogP contribution in [0.25, 0.3) is 0 Å². The van der Waals surface area contributed by atoms with Crippen LogP contribution in [0.3, 0.4) is 0 Å². The lowest BCUT2D eigenvalue weighted by Crippen LogP contribution is -2.41. The molecule has 0 aliphatic carbocycles. The highest BCUT2D eigenvalue weighted by Crippen LogP contribution is 2.37. The van der Waals surface area contributed by atoms with Gasteiger partial charge in [0, 0.05) is 11.0 Å². The standard InChI is InChI=1S/C17H25BO5/c1-6-9-20-12-21-15-10-13(11-19)7-8-14(15)18-22-16(2,3)17(4,5)23-18/h7-8,10-11H,6,9,12H2,1-5H3. The van der Waals surface area contributed by atoms with E-state index in [0.717, 1.165) is 18.2 Å². The first-order chi connectivity index (χ1) is 10.8. The van der Waals surface area contributed by atoms with E-state index in [1.165, 1.54) is 0 Å². The van der Waals surface area contributed by atoms with Crippen LogP contribution in [0.1, 0.15) is 51.4 Å². The normalized spacial score (nSPS) is 18.9. The van der Waals surface area contributed by atoms with E-state index >= 15 is 0 Å². The van der Waals surface area contributed by atoms with E-state index in [4.69, 9.17) is 18.8 Å². The Hall–Kier alpha value is -1.37. The van der Waals surface area contributed by atoms with Crippen LogP contribution in [-0.4, -0.2) is 38.0 Å². The fraction of sp³-hybridized carbons (Fsp3) is 0.588. The molecule has 0 N–H and O–H groups in total. The summed E-state index contributed by atoms with van der Waals surface area (Å²) in [4.78, 5) is 11.0. The molecule has 23 heavy (non-hydrogen) atoms. The molecule has 0 amide bonds. The van der Waals surface area contributed by atoms with E-state index < -0.39 is 18.3 Å². The molecule has 1 fully saturated rings. The third kappa shape index (κ3) is 3.94. The summed E-state index contributed by atoms with van der Waals surface area (Å²) in [7, 11) is -0.540. The second-order valence-corrected chi connectivity index (χ2v) is 6.67. The van der Waals surface area contributed by atoms with E-state index in [0.29, 0.717) is 17.9 Å². The first-order valence-corrected chi connectivity index (χ1v) is 7.96. The van der Waals surface area contributed by atoms with Crippen molar-refractivity contribution in [2.45, 2.75) is 52.2 Å². The van der Waals surface area contributed by atoms with Gasteiger partial charge in [0.2, 0.25) is 0 Å².